The molecule has 1 aromatic carbocycles. The summed E-state index contributed by atoms with van der Waals surface area (Å²) in [4.78, 5) is 29.4. The van der Waals surface area contributed by atoms with E-state index in [0.29, 0.717) is 18.7 Å². The fourth-order valence-electron chi connectivity index (χ4n) is 3.30. The average Bonchev–Trinajstić information content (AvgIpc) is 2.60. The number of ether oxygens (including phenoxy) is 1. The molecule has 0 atom stereocenters. The summed E-state index contributed by atoms with van der Waals surface area (Å²) in [5.74, 6) is 2.33. The van der Waals surface area contributed by atoms with Crippen LogP contribution in [0.2, 0.25) is 0 Å². The van der Waals surface area contributed by atoms with E-state index >= 15 is 0 Å². The number of benzene rings is 1. The van der Waals surface area contributed by atoms with Crippen molar-refractivity contribution in [1.82, 2.24) is 9.97 Å². The van der Waals surface area contributed by atoms with Crippen molar-refractivity contribution in [2.24, 2.45) is 5.92 Å². The summed E-state index contributed by atoms with van der Waals surface area (Å²) in [5, 5.41) is 1.02. The largest absolute Gasteiger partial charge is 0.492 e. The fraction of sp³-hybridized carbons (Fsp3) is 0.529. The molecule has 24 heavy (non-hydrogen) atoms. The highest BCUT2D eigenvalue weighted by molar-refractivity contribution is 7.45. The van der Waals surface area contributed by atoms with E-state index in [0.717, 1.165) is 54.8 Å². The molecule has 0 amide bonds. The Kier molecular flexibility index (Phi) is 5.82. The maximum atomic E-state index is 9.08. The van der Waals surface area contributed by atoms with E-state index in [4.69, 9.17) is 14.5 Å². The molecular formula is C17H24N3O3P. The van der Waals surface area contributed by atoms with Gasteiger partial charge >= 0.3 is 0 Å². The molecule has 3 rings (SSSR count). The molecule has 1 fully saturated rings. The zero-order valence-electron chi connectivity index (χ0n) is 13.9. The van der Waals surface area contributed by atoms with E-state index in [1.165, 1.54) is 0 Å². The molecule has 1 saturated heterocycles. The van der Waals surface area contributed by atoms with Gasteiger partial charge in [-0.1, -0.05) is 6.07 Å². The lowest BCUT2D eigenvalue weighted by atomic mass is 9.94. The SMILES string of the molecule is CCOc1cccc2c(N3CCC(CCP(O)O)CC3)ncnc12. The first-order valence-electron chi connectivity index (χ1n) is 8.45. The molecule has 130 valence electrons. The van der Waals surface area contributed by atoms with Crippen LogP contribution in [-0.2, 0) is 0 Å². The minimum atomic E-state index is -1.76. The predicted octanol–water partition coefficient (Wildman–Crippen LogP) is 2.93. The quantitative estimate of drug-likeness (QED) is 0.781. The Morgan fingerprint density at radius 1 is 1.25 bits per heavy atom. The molecule has 7 heteroatoms. The lowest BCUT2D eigenvalue weighted by Crippen LogP contribution is -2.34. The topological polar surface area (TPSA) is 78.7 Å². The zero-order valence-corrected chi connectivity index (χ0v) is 14.8. The second-order valence-corrected chi connectivity index (χ2v) is 7.29. The number of hydrogen-bond donors (Lipinski definition) is 2. The van der Waals surface area contributed by atoms with Gasteiger partial charge in [-0.25, -0.2) is 9.97 Å². The number of hydrogen-bond acceptors (Lipinski definition) is 6. The van der Waals surface area contributed by atoms with E-state index in [9.17, 15) is 0 Å². The van der Waals surface area contributed by atoms with Gasteiger partial charge in [0.25, 0.3) is 0 Å². The van der Waals surface area contributed by atoms with E-state index < -0.39 is 8.38 Å². The minimum Gasteiger partial charge on any atom is -0.492 e. The molecule has 0 unspecified atom stereocenters. The number of nitrogens with zero attached hydrogens (tertiary/aromatic N) is 3. The van der Waals surface area contributed by atoms with Gasteiger partial charge in [-0.2, -0.15) is 0 Å². The smallest absolute Gasteiger partial charge is 0.164 e. The van der Waals surface area contributed by atoms with Crippen molar-refractivity contribution in [3.05, 3.63) is 24.5 Å². The van der Waals surface area contributed by atoms with E-state index in [2.05, 4.69) is 14.9 Å². The van der Waals surface area contributed by atoms with Crippen LogP contribution in [0.5, 0.6) is 5.75 Å². The van der Waals surface area contributed by atoms with Crippen LogP contribution in [0.25, 0.3) is 10.9 Å². The Balaban J connectivity index is 1.75. The number of para-hydroxylation sites is 1. The summed E-state index contributed by atoms with van der Waals surface area (Å²) >= 11 is 0. The van der Waals surface area contributed by atoms with Gasteiger partial charge in [0, 0.05) is 24.6 Å². The van der Waals surface area contributed by atoms with Crippen LogP contribution in [0.3, 0.4) is 0 Å². The third kappa shape index (κ3) is 3.94. The van der Waals surface area contributed by atoms with Gasteiger partial charge in [-0.3, -0.25) is 0 Å². The second-order valence-electron chi connectivity index (χ2n) is 6.10. The zero-order chi connectivity index (χ0) is 16.9. The van der Waals surface area contributed by atoms with Crippen LogP contribution < -0.4 is 9.64 Å². The summed E-state index contributed by atoms with van der Waals surface area (Å²) in [6.45, 7) is 4.45. The van der Waals surface area contributed by atoms with Gasteiger partial charge in [-0.15, -0.1) is 0 Å². The van der Waals surface area contributed by atoms with Gasteiger partial charge in [0.2, 0.25) is 0 Å². The van der Waals surface area contributed by atoms with Crippen LogP contribution >= 0.6 is 8.38 Å². The molecule has 2 aromatic rings. The number of aromatic nitrogens is 2. The number of rotatable bonds is 6. The van der Waals surface area contributed by atoms with Gasteiger partial charge in [-0.05, 0) is 44.2 Å². The Hall–Kier alpha value is -1.49. The van der Waals surface area contributed by atoms with Crippen molar-refractivity contribution in [1.29, 1.82) is 0 Å². The van der Waals surface area contributed by atoms with E-state index in [1.54, 1.807) is 6.33 Å². The highest BCUT2D eigenvalue weighted by Gasteiger charge is 2.22. The summed E-state index contributed by atoms with van der Waals surface area (Å²) in [6, 6.07) is 5.97. The highest BCUT2D eigenvalue weighted by atomic mass is 31.2. The van der Waals surface area contributed by atoms with Crippen molar-refractivity contribution in [2.45, 2.75) is 26.2 Å². The standard InChI is InChI=1S/C17H24N3O3P/c1-2-23-15-5-3-4-14-16(15)18-12-19-17(14)20-9-6-13(7-10-20)8-11-24(21)22/h3-5,12-13,21-22H,2,6-11H2,1H3. The Bertz CT molecular complexity index is 675. The normalized spacial score (nSPS) is 16.1. The third-order valence-corrected chi connectivity index (χ3v) is 5.22. The van der Waals surface area contributed by atoms with Crippen molar-refractivity contribution >= 4 is 25.1 Å². The fourth-order valence-corrected chi connectivity index (χ4v) is 3.90. The first kappa shape index (κ1) is 17.3. The highest BCUT2D eigenvalue weighted by Crippen LogP contribution is 2.33. The van der Waals surface area contributed by atoms with Crippen LogP contribution in [0.4, 0.5) is 5.82 Å². The van der Waals surface area contributed by atoms with Gasteiger partial charge < -0.3 is 19.4 Å². The summed E-state index contributed by atoms with van der Waals surface area (Å²) in [7, 11) is -1.76. The molecule has 1 aliphatic rings. The second kappa shape index (κ2) is 8.06. The Morgan fingerprint density at radius 2 is 2.04 bits per heavy atom. The van der Waals surface area contributed by atoms with Crippen molar-refractivity contribution in [3.8, 4) is 5.75 Å². The Labute approximate surface area is 143 Å². The summed E-state index contributed by atoms with van der Waals surface area (Å²) in [5.41, 5.74) is 0.859. The molecular weight excluding hydrogens is 325 g/mol. The molecule has 0 radical (unpaired) electrons. The number of piperidine rings is 1. The molecule has 0 saturated carbocycles. The molecule has 0 aliphatic carbocycles. The molecule has 0 spiro atoms. The lowest BCUT2D eigenvalue weighted by molar-refractivity contribution is 0.343. The maximum absolute atomic E-state index is 9.08. The molecule has 6 nitrogen and oxygen atoms in total. The van der Waals surface area contributed by atoms with Crippen molar-refractivity contribution in [3.63, 3.8) is 0 Å². The van der Waals surface area contributed by atoms with Gasteiger partial charge in [0.15, 0.2) is 8.38 Å². The van der Waals surface area contributed by atoms with Crippen LogP contribution in [0.1, 0.15) is 26.2 Å². The predicted molar refractivity (Wildman–Crippen MR) is 96.5 cm³/mol. The third-order valence-electron chi connectivity index (χ3n) is 4.56. The molecule has 2 N–H and O–H groups in total. The number of anilines is 1. The molecule has 2 heterocycles. The van der Waals surface area contributed by atoms with Gasteiger partial charge in [0.1, 0.15) is 23.4 Å². The van der Waals surface area contributed by atoms with Crippen molar-refractivity contribution in [2.75, 3.05) is 30.8 Å². The summed E-state index contributed by atoms with van der Waals surface area (Å²) in [6.07, 6.45) is 5.14. The van der Waals surface area contributed by atoms with Crippen molar-refractivity contribution < 1.29 is 14.5 Å². The number of fused-ring (bicyclic) bond motifs is 1. The lowest BCUT2D eigenvalue weighted by Gasteiger charge is -2.33. The van der Waals surface area contributed by atoms with E-state index in [1.807, 2.05) is 25.1 Å². The molecule has 1 aliphatic heterocycles. The first-order chi connectivity index (χ1) is 11.7. The summed E-state index contributed by atoms with van der Waals surface area (Å²) < 4.78 is 5.68. The monoisotopic (exact) mass is 349 g/mol. The maximum Gasteiger partial charge on any atom is 0.164 e. The van der Waals surface area contributed by atoms with E-state index in [-0.39, 0.29) is 0 Å². The Morgan fingerprint density at radius 3 is 2.75 bits per heavy atom. The van der Waals surface area contributed by atoms with Crippen LogP contribution in [0, 0.1) is 5.92 Å². The molecule has 1 aromatic heterocycles. The molecule has 0 bridgehead atoms. The first-order valence-corrected chi connectivity index (χ1v) is 9.89. The van der Waals surface area contributed by atoms with Gasteiger partial charge in [0.05, 0.1) is 6.61 Å². The van der Waals surface area contributed by atoms with Crippen LogP contribution in [-0.4, -0.2) is 45.6 Å². The van der Waals surface area contributed by atoms with Crippen LogP contribution in [0.15, 0.2) is 24.5 Å². The minimum absolute atomic E-state index is 0.522. The average molecular weight is 349 g/mol.